The van der Waals surface area contributed by atoms with Crippen molar-refractivity contribution in [2.24, 2.45) is 17.3 Å². The molecule has 1 amide bonds. The average Bonchev–Trinajstić information content (AvgIpc) is 3.10. The molecule has 1 unspecified atom stereocenters. The van der Waals surface area contributed by atoms with Crippen LogP contribution in [0, 0.1) is 17.3 Å². The number of hydrogen-bond acceptors (Lipinski definition) is 3. The molecule has 27 heavy (non-hydrogen) atoms. The Hall–Kier alpha value is -2.07. The maximum Gasteiger partial charge on any atom is 0.223 e. The van der Waals surface area contributed by atoms with Crippen molar-refractivity contribution < 1.29 is 4.79 Å². The standard InChI is InChI=1S/C23H33N3O/c1-7-9-20-16(2)10-8-11-26(20)17(3)22(4,5)25-21(27)18-12-19-14-24-15-23(19,6)13-18/h7-11,18-19,24H,1,3,12-15H2,2,4-6H3,(H,25,27)/b20-9-/t18-,19?,23-/m0/s1. The first-order chi connectivity index (χ1) is 12.7. The van der Waals surface area contributed by atoms with Crippen molar-refractivity contribution in [2.75, 3.05) is 13.1 Å². The number of fused-ring (bicyclic) bond motifs is 1. The summed E-state index contributed by atoms with van der Waals surface area (Å²) in [5.74, 6) is 0.856. The van der Waals surface area contributed by atoms with Crippen molar-refractivity contribution >= 4 is 5.91 Å². The average molecular weight is 368 g/mol. The van der Waals surface area contributed by atoms with Gasteiger partial charge in [0.2, 0.25) is 5.91 Å². The highest BCUT2D eigenvalue weighted by Crippen LogP contribution is 2.48. The maximum absolute atomic E-state index is 13.0. The van der Waals surface area contributed by atoms with Crippen LogP contribution in [0.5, 0.6) is 0 Å². The molecular formula is C23H33N3O. The van der Waals surface area contributed by atoms with Gasteiger partial charge in [-0.05, 0) is 69.2 Å². The second kappa shape index (κ2) is 7.16. The number of amides is 1. The normalized spacial score (nSPS) is 31.6. The van der Waals surface area contributed by atoms with Crippen LogP contribution < -0.4 is 10.6 Å². The zero-order valence-corrected chi connectivity index (χ0v) is 17.1. The Bertz CT molecular complexity index is 743. The summed E-state index contributed by atoms with van der Waals surface area (Å²) in [5, 5.41) is 6.75. The van der Waals surface area contributed by atoms with Crippen LogP contribution in [0.15, 0.2) is 60.6 Å². The largest absolute Gasteiger partial charge is 0.345 e. The molecule has 0 aromatic heterocycles. The second-order valence-corrected chi connectivity index (χ2v) is 9.03. The summed E-state index contributed by atoms with van der Waals surface area (Å²) >= 11 is 0. The fourth-order valence-electron chi connectivity index (χ4n) is 4.69. The smallest absolute Gasteiger partial charge is 0.223 e. The summed E-state index contributed by atoms with van der Waals surface area (Å²) < 4.78 is 0. The minimum absolute atomic E-state index is 0.0934. The molecule has 3 aliphatic rings. The van der Waals surface area contributed by atoms with Crippen molar-refractivity contribution in [1.82, 2.24) is 15.5 Å². The van der Waals surface area contributed by atoms with E-state index in [1.165, 1.54) is 0 Å². The molecule has 1 aliphatic carbocycles. The summed E-state index contributed by atoms with van der Waals surface area (Å²) in [6.45, 7) is 18.6. The van der Waals surface area contributed by atoms with E-state index in [2.05, 4.69) is 43.7 Å². The third kappa shape index (κ3) is 3.68. The van der Waals surface area contributed by atoms with Crippen LogP contribution in [-0.4, -0.2) is 29.4 Å². The summed E-state index contributed by atoms with van der Waals surface area (Å²) in [4.78, 5) is 15.1. The molecule has 4 heteroatoms. The fourth-order valence-corrected chi connectivity index (χ4v) is 4.69. The third-order valence-electron chi connectivity index (χ3n) is 6.53. The van der Waals surface area contributed by atoms with Crippen molar-refractivity contribution in [2.45, 2.75) is 46.1 Å². The first-order valence-corrected chi connectivity index (χ1v) is 9.87. The van der Waals surface area contributed by atoms with Gasteiger partial charge in [0.15, 0.2) is 0 Å². The molecule has 2 aliphatic heterocycles. The lowest BCUT2D eigenvalue weighted by atomic mass is 9.83. The molecule has 0 aromatic carbocycles. The van der Waals surface area contributed by atoms with Crippen LogP contribution >= 0.6 is 0 Å². The number of nitrogens with one attached hydrogen (secondary N) is 2. The van der Waals surface area contributed by atoms with Gasteiger partial charge < -0.3 is 15.5 Å². The van der Waals surface area contributed by atoms with Gasteiger partial charge in [-0.15, -0.1) is 0 Å². The van der Waals surface area contributed by atoms with E-state index >= 15 is 0 Å². The Morgan fingerprint density at radius 3 is 2.89 bits per heavy atom. The van der Waals surface area contributed by atoms with E-state index in [9.17, 15) is 4.79 Å². The minimum Gasteiger partial charge on any atom is -0.345 e. The van der Waals surface area contributed by atoms with Gasteiger partial charge in [0.05, 0.1) is 5.54 Å². The lowest BCUT2D eigenvalue weighted by molar-refractivity contribution is -0.126. The van der Waals surface area contributed by atoms with Gasteiger partial charge in [0, 0.05) is 30.1 Å². The Kier molecular flexibility index (Phi) is 5.22. The Morgan fingerprint density at radius 2 is 2.22 bits per heavy atom. The highest BCUT2D eigenvalue weighted by atomic mass is 16.2. The van der Waals surface area contributed by atoms with Gasteiger partial charge in [0.25, 0.3) is 0 Å². The number of nitrogens with zero attached hydrogens (tertiary/aromatic N) is 1. The van der Waals surface area contributed by atoms with Crippen LogP contribution in [0.1, 0.15) is 40.5 Å². The van der Waals surface area contributed by atoms with Crippen LogP contribution in [0.2, 0.25) is 0 Å². The van der Waals surface area contributed by atoms with Crippen molar-refractivity contribution in [3.05, 3.63) is 60.6 Å². The van der Waals surface area contributed by atoms with Gasteiger partial charge in [-0.25, -0.2) is 0 Å². The molecule has 0 bridgehead atoms. The summed E-state index contributed by atoms with van der Waals surface area (Å²) in [5.41, 5.74) is 2.74. The van der Waals surface area contributed by atoms with E-state index < -0.39 is 5.54 Å². The number of allylic oxidation sites excluding steroid dienone is 5. The summed E-state index contributed by atoms with van der Waals surface area (Å²) in [6.07, 6.45) is 11.8. The summed E-state index contributed by atoms with van der Waals surface area (Å²) in [6, 6.07) is 0. The Morgan fingerprint density at radius 1 is 1.48 bits per heavy atom. The van der Waals surface area contributed by atoms with Gasteiger partial charge >= 0.3 is 0 Å². The number of carbonyl (C=O) groups excluding carboxylic acids is 1. The molecule has 2 N–H and O–H groups in total. The minimum atomic E-state index is -0.545. The number of carbonyl (C=O) groups is 1. The predicted molar refractivity (Wildman–Crippen MR) is 112 cm³/mol. The molecule has 0 spiro atoms. The summed E-state index contributed by atoms with van der Waals surface area (Å²) in [7, 11) is 0. The van der Waals surface area contributed by atoms with Gasteiger partial charge in [-0.1, -0.05) is 32.2 Å². The third-order valence-corrected chi connectivity index (χ3v) is 6.53. The topological polar surface area (TPSA) is 44.4 Å². The van der Waals surface area contributed by atoms with Crippen LogP contribution in [0.3, 0.4) is 0 Å². The molecular weight excluding hydrogens is 334 g/mol. The predicted octanol–water partition coefficient (Wildman–Crippen LogP) is 3.88. The molecule has 3 rings (SSSR count). The quantitative estimate of drug-likeness (QED) is 0.775. The zero-order valence-electron chi connectivity index (χ0n) is 17.1. The molecule has 146 valence electrons. The van der Waals surface area contributed by atoms with E-state index in [1.54, 1.807) is 6.08 Å². The van der Waals surface area contributed by atoms with Crippen LogP contribution in [-0.2, 0) is 4.79 Å². The highest BCUT2D eigenvalue weighted by Gasteiger charge is 2.49. The number of rotatable bonds is 5. The van der Waals surface area contributed by atoms with Gasteiger partial charge in [-0.2, -0.15) is 0 Å². The molecule has 4 nitrogen and oxygen atoms in total. The zero-order chi connectivity index (χ0) is 19.8. The van der Waals surface area contributed by atoms with E-state index in [0.717, 1.165) is 42.9 Å². The maximum atomic E-state index is 13.0. The highest BCUT2D eigenvalue weighted by molar-refractivity contribution is 5.80. The van der Waals surface area contributed by atoms with Crippen molar-refractivity contribution in [3.63, 3.8) is 0 Å². The second-order valence-electron chi connectivity index (χ2n) is 9.03. The Balaban J connectivity index is 1.71. The van der Waals surface area contributed by atoms with Crippen molar-refractivity contribution in [1.29, 1.82) is 0 Å². The number of hydrogen-bond donors (Lipinski definition) is 2. The van der Waals surface area contributed by atoms with Crippen molar-refractivity contribution in [3.8, 4) is 0 Å². The van der Waals surface area contributed by atoms with Crippen LogP contribution in [0.4, 0.5) is 0 Å². The first-order valence-electron chi connectivity index (χ1n) is 9.87. The SMILES string of the molecule is C=C/C=C1/C(C)=CC=CN1C(=C)C(C)(C)NC(=O)[C@H]1CC2CNC[C@]2(C)C1. The van der Waals surface area contributed by atoms with Crippen LogP contribution in [0.25, 0.3) is 0 Å². The molecule has 0 aromatic rings. The van der Waals surface area contributed by atoms with E-state index in [-0.39, 0.29) is 17.2 Å². The molecule has 2 heterocycles. The monoisotopic (exact) mass is 367 g/mol. The molecule has 3 atom stereocenters. The molecule has 1 saturated heterocycles. The lowest BCUT2D eigenvalue weighted by Crippen LogP contribution is -2.50. The first kappa shape index (κ1) is 19.7. The van der Waals surface area contributed by atoms with E-state index in [4.69, 9.17) is 0 Å². The molecule has 1 saturated carbocycles. The van der Waals surface area contributed by atoms with Gasteiger partial charge in [0.1, 0.15) is 0 Å². The molecule has 0 radical (unpaired) electrons. The lowest BCUT2D eigenvalue weighted by Gasteiger charge is -2.38. The Labute approximate surface area is 163 Å². The van der Waals surface area contributed by atoms with E-state index in [1.807, 2.05) is 37.1 Å². The fraction of sp³-hybridized carbons (Fsp3) is 0.522. The van der Waals surface area contributed by atoms with Gasteiger partial charge in [-0.3, -0.25) is 4.79 Å². The molecule has 2 fully saturated rings. The van der Waals surface area contributed by atoms with E-state index in [0.29, 0.717) is 5.92 Å².